The van der Waals surface area contributed by atoms with Crippen LogP contribution in [0.15, 0.2) is 42.5 Å². The quantitative estimate of drug-likeness (QED) is 0.739. The lowest BCUT2D eigenvalue weighted by Gasteiger charge is -2.12. The van der Waals surface area contributed by atoms with Crippen LogP contribution in [0.3, 0.4) is 0 Å². The van der Waals surface area contributed by atoms with Crippen molar-refractivity contribution in [1.29, 1.82) is 0 Å². The largest absolute Gasteiger partial charge is 0.497 e. The Hall–Kier alpha value is -2.93. The van der Waals surface area contributed by atoms with Crippen LogP contribution in [0.4, 0.5) is 5.69 Å². The molecule has 0 radical (unpaired) electrons. The molecule has 0 fully saturated rings. The molecule has 1 amide bonds. The molecule has 24 heavy (non-hydrogen) atoms. The Kier molecular flexibility index (Phi) is 5.49. The fourth-order valence-electron chi connectivity index (χ4n) is 1.96. The minimum atomic E-state index is -1.04. The first kappa shape index (κ1) is 17.4. The third kappa shape index (κ3) is 4.30. The molecule has 7 heteroatoms. The number of rotatable bonds is 4. The van der Waals surface area contributed by atoms with Gasteiger partial charge in [0.05, 0.1) is 12.7 Å². The van der Waals surface area contributed by atoms with E-state index in [0.717, 1.165) is 5.56 Å². The molecule has 0 heterocycles. The van der Waals surface area contributed by atoms with E-state index < -0.39 is 5.97 Å². The van der Waals surface area contributed by atoms with Crippen LogP contribution < -0.4 is 15.4 Å². The number of amides is 1. The summed E-state index contributed by atoms with van der Waals surface area (Å²) in [6, 6.07) is 11.2. The number of benzene rings is 2. The van der Waals surface area contributed by atoms with E-state index in [4.69, 9.17) is 22.1 Å². The zero-order valence-electron chi connectivity index (χ0n) is 13.1. The van der Waals surface area contributed by atoms with Crippen molar-refractivity contribution < 1.29 is 19.4 Å². The van der Waals surface area contributed by atoms with E-state index in [9.17, 15) is 9.59 Å². The third-order valence-electron chi connectivity index (χ3n) is 3.31. The monoisotopic (exact) mass is 344 g/mol. The Morgan fingerprint density at radius 2 is 1.71 bits per heavy atom. The van der Waals surface area contributed by atoms with Crippen molar-refractivity contribution in [1.82, 2.24) is 5.32 Å². The van der Waals surface area contributed by atoms with Gasteiger partial charge < -0.3 is 15.2 Å². The number of ether oxygens (including phenoxy) is 1. The summed E-state index contributed by atoms with van der Waals surface area (Å²) in [6.45, 7) is 1.81. The van der Waals surface area contributed by atoms with Crippen LogP contribution in [0.5, 0.6) is 5.75 Å². The summed E-state index contributed by atoms with van der Waals surface area (Å²) < 4.78 is 5.03. The number of hydrogen-bond acceptors (Lipinski definition) is 4. The number of carboxylic acid groups (broad SMARTS) is 1. The molecule has 0 spiro atoms. The summed E-state index contributed by atoms with van der Waals surface area (Å²) in [4.78, 5) is 23.2. The van der Waals surface area contributed by atoms with Crippen molar-refractivity contribution in [3.05, 3.63) is 59.2 Å². The summed E-state index contributed by atoms with van der Waals surface area (Å²) in [5, 5.41) is 14.5. The first-order valence-corrected chi connectivity index (χ1v) is 7.42. The Labute approximate surface area is 144 Å². The molecule has 2 rings (SSSR count). The maximum atomic E-state index is 12.1. The van der Waals surface area contributed by atoms with Gasteiger partial charge in [-0.2, -0.15) is 0 Å². The van der Waals surface area contributed by atoms with Crippen LogP contribution in [0, 0.1) is 6.92 Å². The number of nitrogens with one attached hydrogen (secondary N) is 2. The predicted octanol–water partition coefficient (Wildman–Crippen LogP) is 2.83. The molecule has 0 aromatic heterocycles. The molecule has 6 nitrogen and oxygen atoms in total. The van der Waals surface area contributed by atoms with Crippen LogP contribution in [0.2, 0.25) is 0 Å². The van der Waals surface area contributed by atoms with E-state index in [1.54, 1.807) is 37.4 Å². The molecule has 0 unspecified atom stereocenters. The molecule has 3 N–H and O–H groups in total. The van der Waals surface area contributed by atoms with Crippen LogP contribution in [0.25, 0.3) is 0 Å². The highest BCUT2D eigenvalue weighted by molar-refractivity contribution is 7.80. The lowest BCUT2D eigenvalue weighted by atomic mass is 10.1. The van der Waals surface area contributed by atoms with Crippen LogP contribution >= 0.6 is 12.2 Å². The van der Waals surface area contributed by atoms with E-state index >= 15 is 0 Å². The number of methoxy groups -OCH3 is 1. The molecule has 0 aliphatic heterocycles. The summed E-state index contributed by atoms with van der Waals surface area (Å²) in [7, 11) is 1.54. The van der Waals surface area contributed by atoms with Crippen molar-refractivity contribution >= 4 is 34.9 Å². The van der Waals surface area contributed by atoms with Crippen LogP contribution in [-0.4, -0.2) is 29.2 Å². The maximum Gasteiger partial charge on any atom is 0.335 e. The van der Waals surface area contributed by atoms with Crippen molar-refractivity contribution in [2.24, 2.45) is 0 Å². The van der Waals surface area contributed by atoms with E-state index in [1.807, 2.05) is 6.92 Å². The Bertz CT molecular complexity index is 788. The molecule has 2 aromatic carbocycles. The second-order valence-electron chi connectivity index (χ2n) is 4.97. The van der Waals surface area contributed by atoms with Gasteiger partial charge in [-0.25, -0.2) is 4.79 Å². The Morgan fingerprint density at radius 3 is 2.29 bits per heavy atom. The SMILES string of the molecule is COc1ccc(C(=O)NC(=S)Nc2cc(C(=O)O)ccc2C)cc1. The standard InChI is InChI=1S/C17H16N2O4S/c1-10-3-4-12(16(21)22)9-14(10)18-17(24)19-15(20)11-5-7-13(23-2)8-6-11/h3-9H,1-2H3,(H,21,22)(H2,18,19,20,24). The van der Waals surface area contributed by atoms with Gasteiger partial charge in [-0.1, -0.05) is 6.07 Å². The highest BCUT2D eigenvalue weighted by atomic mass is 32.1. The Morgan fingerprint density at radius 1 is 1.08 bits per heavy atom. The van der Waals surface area contributed by atoms with Crippen molar-refractivity contribution in [3.8, 4) is 5.75 Å². The van der Waals surface area contributed by atoms with Gasteiger partial charge in [0.2, 0.25) is 0 Å². The third-order valence-corrected chi connectivity index (χ3v) is 3.52. The van der Waals surface area contributed by atoms with Gasteiger partial charge >= 0.3 is 5.97 Å². The van der Waals surface area contributed by atoms with Gasteiger partial charge in [0, 0.05) is 11.3 Å². The number of aromatic carboxylic acids is 1. The molecule has 2 aromatic rings. The minimum Gasteiger partial charge on any atom is -0.497 e. The normalized spacial score (nSPS) is 9.92. The molecule has 0 atom stereocenters. The summed E-state index contributed by atoms with van der Waals surface area (Å²) >= 11 is 5.11. The van der Waals surface area contributed by atoms with Crippen molar-refractivity contribution in [2.75, 3.05) is 12.4 Å². The van der Waals surface area contributed by atoms with Crippen molar-refractivity contribution in [2.45, 2.75) is 6.92 Å². The number of aryl methyl sites for hydroxylation is 1. The second kappa shape index (κ2) is 7.56. The molecule has 0 aliphatic rings. The van der Waals surface area contributed by atoms with Crippen LogP contribution in [0.1, 0.15) is 26.3 Å². The lowest BCUT2D eigenvalue weighted by molar-refractivity contribution is 0.0696. The summed E-state index contributed by atoms with van der Waals surface area (Å²) in [5.41, 5.74) is 1.89. The molecule has 0 bridgehead atoms. The van der Waals surface area contributed by atoms with Gasteiger partial charge in [-0.3, -0.25) is 10.1 Å². The molecular formula is C17H16N2O4S. The summed E-state index contributed by atoms with van der Waals surface area (Å²) in [5.74, 6) is -0.762. The van der Waals surface area contributed by atoms with E-state index in [0.29, 0.717) is 17.0 Å². The van der Waals surface area contributed by atoms with Crippen LogP contribution in [-0.2, 0) is 0 Å². The Balaban J connectivity index is 2.06. The number of carboxylic acids is 1. The van der Waals surface area contributed by atoms with E-state index in [2.05, 4.69) is 10.6 Å². The van der Waals surface area contributed by atoms with Gasteiger partial charge in [0.25, 0.3) is 5.91 Å². The number of carbonyl (C=O) groups excluding carboxylic acids is 1. The number of thiocarbonyl (C=S) groups is 1. The summed E-state index contributed by atoms with van der Waals surface area (Å²) in [6.07, 6.45) is 0. The molecular weight excluding hydrogens is 328 g/mol. The zero-order valence-corrected chi connectivity index (χ0v) is 13.9. The highest BCUT2D eigenvalue weighted by Crippen LogP contribution is 2.17. The van der Waals surface area contributed by atoms with E-state index in [1.165, 1.54) is 12.1 Å². The maximum absolute atomic E-state index is 12.1. The lowest BCUT2D eigenvalue weighted by Crippen LogP contribution is -2.34. The second-order valence-corrected chi connectivity index (χ2v) is 5.38. The van der Waals surface area contributed by atoms with Crippen molar-refractivity contribution in [3.63, 3.8) is 0 Å². The fraction of sp³-hybridized carbons (Fsp3) is 0.118. The molecule has 0 saturated carbocycles. The topological polar surface area (TPSA) is 87.7 Å². The number of carbonyl (C=O) groups is 2. The minimum absolute atomic E-state index is 0.0847. The molecule has 124 valence electrons. The zero-order chi connectivity index (χ0) is 17.7. The van der Waals surface area contributed by atoms with Gasteiger partial charge in [0.15, 0.2) is 5.11 Å². The first-order chi connectivity index (χ1) is 11.4. The van der Waals surface area contributed by atoms with E-state index in [-0.39, 0.29) is 16.6 Å². The smallest absolute Gasteiger partial charge is 0.335 e. The first-order valence-electron chi connectivity index (χ1n) is 7.01. The van der Waals surface area contributed by atoms with Gasteiger partial charge in [0.1, 0.15) is 5.75 Å². The number of hydrogen-bond donors (Lipinski definition) is 3. The predicted molar refractivity (Wildman–Crippen MR) is 94.8 cm³/mol. The van der Waals surface area contributed by atoms with Gasteiger partial charge in [-0.15, -0.1) is 0 Å². The average molecular weight is 344 g/mol. The molecule has 0 saturated heterocycles. The average Bonchev–Trinajstić information content (AvgIpc) is 2.56. The van der Waals surface area contributed by atoms with Gasteiger partial charge in [-0.05, 0) is 61.1 Å². The highest BCUT2D eigenvalue weighted by Gasteiger charge is 2.11. The fourth-order valence-corrected chi connectivity index (χ4v) is 2.16. The number of anilines is 1. The molecule has 0 aliphatic carbocycles.